The molecule has 0 radical (unpaired) electrons. The van der Waals surface area contributed by atoms with E-state index in [4.69, 9.17) is 10.8 Å². The fourth-order valence-electron chi connectivity index (χ4n) is 1.14. The van der Waals surface area contributed by atoms with Crippen molar-refractivity contribution in [1.29, 1.82) is 0 Å². The lowest BCUT2D eigenvalue weighted by Gasteiger charge is -2.12. The van der Waals surface area contributed by atoms with Crippen molar-refractivity contribution in [1.82, 2.24) is 0 Å². The molecule has 1 rings (SSSR count). The molecule has 0 saturated heterocycles. The van der Waals surface area contributed by atoms with Crippen LogP contribution in [0.3, 0.4) is 0 Å². The molecule has 0 aliphatic rings. The molecule has 1 aromatic carbocycles. The summed E-state index contributed by atoms with van der Waals surface area (Å²) in [7, 11) is 0. The van der Waals surface area contributed by atoms with Gasteiger partial charge in [-0.1, -0.05) is 15.9 Å². The van der Waals surface area contributed by atoms with Crippen molar-refractivity contribution < 1.29 is 9.50 Å². The van der Waals surface area contributed by atoms with Crippen LogP contribution in [-0.4, -0.2) is 11.7 Å². The molecule has 0 bridgehead atoms. The number of benzene rings is 1. The molecule has 78 valence electrons. The molecule has 3 N–H and O–H groups in total. The van der Waals surface area contributed by atoms with E-state index in [-0.39, 0.29) is 12.4 Å². The molecule has 0 saturated carbocycles. The summed E-state index contributed by atoms with van der Waals surface area (Å²) >= 11 is 6.35. The lowest BCUT2D eigenvalue weighted by atomic mass is 10.0. The van der Waals surface area contributed by atoms with Gasteiger partial charge in [0.15, 0.2) is 0 Å². The van der Waals surface area contributed by atoms with E-state index >= 15 is 0 Å². The molecular formula is C9H10Br2FNO. The van der Waals surface area contributed by atoms with E-state index in [0.29, 0.717) is 16.5 Å². The van der Waals surface area contributed by atoms with E-state index in [1.165, 1.54) is 0 Å². The van der Waals surface area contributed by atoms with Crippen LogP contribution >= 0.6 is 31.9 Å². The molecular weight excluding hydrogens is 317 g/mol. The van der Waals surface area contributed by atoms with Crippen molar-refractivity contribution in [3.8, 4) is 0 Å². The van der Waals surface area contributed by atoms with Crippen molar-refractivity contribution in [2.24, 2.45) is 5.73 Å². The Bertz CT molecular complexity index is 333. The summed E-state index contributed by atoms with van der Waals surface area (Å²) in [6.45, 7) is -0.0509. The first-order valence-corrected chi connectivity index (χ1v) is 5.65. The van der Waals surface area contributed by atoms with Crippen LogP contribution in [0.15, 0.2) is 21.1 Å². The van der Waals surface area contributed by atoms with Gasteiger partial charge in [0.1, 0.15) is 5.82 Å². The van der Waals surface area contributed by atoms with Crippen LogP contribution in [0, 0.1) is 5.82 Å². The second-order valence-electron chi connectivity index (χ2n) is 2.91. The van der Waals surface area contributed by atoms with Crippen LogP contribution in [0.25, 0.3) is 0 Å². The number of rotatable bonds is 3. The number of hydrogen-bond donors (Lipinski definition) is 2. The fraction of sp³-hybridized carbons (Fsp3) is 0.333. The predicted molar refractivity (Wildman–Crippen MR) is 60.4 cm³/mol. The maximum atomic E-state index is 13.5. The van der Waals surface area contributed by atoms with Crippen molar-refractivity contribution in [3.63, 3.8) is 0 Å². The zero-order valence-electron chi connectivity index (χ0n) is 7.30. The van der Waals surface area contributed by atoms with E-state index in [2.05, 4.69) is 31.9 Å². The Morgan fingerprint density at radius 1 is 1.43 bits per heavy atom. The summed E-state index contributed by atoms with van der Waals surface area (Å²) in [5.74, 6) is -0.367. The quantitative estimate of drug-likeness (QED) is 0.839. The van der Waals surface area contributed by atoms with E-state index in [1.807, 2.05) is 0 Å². The molecule has 0 spiro atoms. The molecule has 1 unspecified atom stereocenters. The van der Waals surface area contributed by atoms with Crippen LogP contribution in [-0.2, 0) is 0 Å². The van der Waals surface area contributed by atoms with Gasteiger partial charge in [-0.15, -0.1) is 0 Å². The Balaban J connectivity index is 3.07. The molecule has 0 aliphatic heterocycles. The standard InChI is InChI=1S/C9H10Br2FNO/c10-5-3-6(8(13)1-2-14)9(12)7(11)4-5/h3-4,8,14H,1-2,13H2. The predicted octanol–water partition coefficient (Wildman–Crippen LogP) is 2.73. The van der Waals surface area contributed by atoms with Crippen molar-refractivity contribution in [3.05, 3.63) is 32.5 Å². The number of aliphatic hydroxyl groups excluding tert-OH is 1. The largest absolute Gasteiger partial charge is 0.396 e. The number of hydrogen-bond acceptors (Lipinski definition) is 2. The van der Waals surface area contributed by atoms with Crippen molar-refractivity contribution in [2.45, 2.75) is 12.5 Å². The highest BCUT2D eigenvalue weighted by molar-refractivity contribution is 9.11. The van der Waals surface area contributed by atoms with Crippen LogP contribution in [0.4, 0.5) is 4.39 Å². The molecule has 5 heteroatoms. The van der Waals surface area contributed by atoms with E-state index < -0.39 is 6.04 Å². The van der Waals surface area contributed by atoms with E-state index in [0.717, 1.165) is 4.47 Å². The van der Waals surface area contributed by atoms with Crippen molar-refractivity contribution >= 4 is 31.9 Å². The molecule has 14 heavy (non-hydrogen) atoms. The first-order chi connectivity index (χ1) is 6.56. The Kier molecular flexibility index (Phi) is 4.50. The minimum Gasteiger partial charge on any atom is -0.396 e. The van der Waals surface area contributed by atoms with Gasteiger partial charge < -0.3 is 10.8 Å². The summed E-state index contributed by atoms with van der Waals surface area (Å²) in [4.78, 5) is 0. The number of halogens is 3. The maximum absolute atomic E-state index is 13.5. The molecule has 0 heterocycles. The topological polar surface area (TPSA) is 46.2 Å². The van der Waals surface area contributed by atoms with Gasteiger partial charge in [0.25, 0.3) is 0 Å². The monoisotopic (exact) mass is 325 g/mol. The Hall–Kier alpha value is 0.0300. The van der Waals surface area contributed by atoms with Crippen LogP contribution in [0.1, 0.15) is 18.0 Å². The average Bonchev–Trinajstić information content (AvgIpc) is 2.11. The lowest BCUT2D eigenvalue weighted by Crippen LogP contribution is -2.14. The molecule has 0 aromatic heterocycles. The first-order valence-electron chi connectivity index (χ1n) is 4.07. The van der Waals surface area contributed by atoms with E-state index in [1.54, 1.807) is 12.1 Å². The zero-order valence-corrected chi connectivity index (χ0v) is 10.5. The smallest absolute Gasteiger partial charge is 0.142 e. The van der Waals surface area contributed by atoms with Gasteiger partial charge in [0.2, 0.25) is 0 Å². The SMILES string of the molecule is NC(CCO)c1cc(Br)cc(Br)c1F. The Labute approximate surface area is 98.6 Å². The van der Waals surface area contributed by atoms with Crippen LogP contribution < -0.4 is 5.73 Å². The molecule has 2 nitrogen and oxygen atoms in total. The van der Waals surface area contributed by atoms with Gasteiger partial charge in [-0.2, -0.15) is 0 Å². The summed E-state index contributed by atoms with van der Waals surface area (Å²) in [6.07, 6.45) is 0.347. The van der Waals surface area contributed by atoms with Gasteiger partial charge in [0.05, 0.1) is 4.47 Å². The van der Waals surface area contributed by atoms with Gasteiger partial charge >= 0.3 is 0 Å². The summed E-state index contributed by atoms with van der Waals surface area (Å²) in [5.41, 5.74) is 6.11. The Morgan fingerprint density at radius 3 is 2.64 bits per heavy atom. The third-order valence-corrected chi connectivity index (χ3v) is 2.90. The Morgan fingerprint density at radius 2 is 2.07 bits per heavy atom. The van der Waals surface area contributed by atoms with Gasteiger partial charge in [-0.25, -0.2) is 4.39 Å². The van der Waals surface area contributed by atoms with Crippen LogP contribution in [0.5, 0.6) is 0 Å². The van der Waals surface area contributed by atoms with Crippen LogP contribution in [0.2, 0.25) is 0 Å². The van der Waals surface area contributed by atoms with Gasteiger partial charge in [0, 0.05) is 22.7 Å². The maximum Gasteiger partial charge on any atom is 0.142 e. The normalized spacial score (nSPS) is 12.9. The summed E-state index contributed by atoms with van der Waals surface area (Å²) < 4.78 is 14.7. The molecule has 1 aromatic rings. The third kappa shape index (κ3) is 2.76. The van der Waals surface area contributed by atoms with Gasteiger partial charge in [-0.3, -0.25) is 0 Å². The zero-order chi connectivity index (χ0) is 10.7. The number of aliphatic hydroxyl groups is 1. The van der Waals surface area contributed by atoms with Crippen molar-refractivity contribution in [2.75, 3.05) is 6.61 Å². The molecule has 0 fully saturated rings. The minimum absolute atomic E-state index is 0.0509. The average molecular weight is 327 g/mol. The highest BCUT2D eigenvalue weighted by atomic mass is 79.9. The van der Waals surface area contributed by atoms with Gasteiger partial charge in [-0.05, 0) is 34.5 Å². The van der Waals surface area contributed by atoms with E-state index in [9.17, 15) is 4.39 Å². The second-order valence-corrected chi connectivity index (χ2v) is 4.68. The molecule has 1 atom stereocenters. The minimum atomic E-state index is -0.478. The summed E-state index contributed by atoms with van der Waals surface area (Å²) in [6, 6.07) is 2.76. The number of nitrogens with two attached hydrogens (primary N) is 1. The lowest BCUT2D eigenvalue weighted by molar-refractivity contribution is 0.275. The summed E-state index contributed by atoms with van der Waals surface area (Å²) in [5, 5.41) is 8.70. The molecule has 0 aliphatic carbocycles. The second kappa shape index (κ2) is 5.21. The highest BCUT2D eigenvalue weighted by Crippen LogP contribution is 2.28. The highest BCUT2D eigenvalue weighted by Gasteiger charge is 2.14. The first kappa shape index (κ1) is 12.1. The molecule has 0 amide bonds. The third-order valence-electron chi connectivity index (χ3n) is 1.86. The fourth-order valence-corrected chi connectivity index (χ4v) is 2.40.